The lowest BCUT2D eigenvalue weighted by atomic mass is 10.1. The van der Waals surface area contributed by atoms with Gasteiger partial charge in [0.15, 0.2) is 5.16 Å². The molecule has 2 heterocycles. The van der Waals surface area contributed by atoms with Gasteiger partial charge in [0.1, 0.15) is 4.90 Å². The van der Waals surface area contributed by atoms with Crippen molar-refractivity contribution in [2.75, 3.05) is 22.4 Å². The summed E-state index contributed by atoms with van der Waals surface area (Å²) in [6, 6.07) is 10.8. The molecule has 0 radical (unpaired) electrons. The number of fused-ring (bicyclic) bond motifs is 3. The monoisotopic (exact) mass is 474 g/mol. The van der Waals surface area contributed by atoms with Crippen LogP contribution in [0.15, 0.2) is 52.6 Å². The van der Waals surface area contributed by atoms with Crippen LogP contribution in [0.2, 0.25) is 5.02 Å². The number of hydrogen-bond acceptors (Lipinski definition) is 6. The number of amides is 1. The van der Waals surface area contributed by atoms with E-state index in [1.54, 1.807) is 18.2 Å². The van der Waals surface area contributed by atoms with Crippen LogP contribution in [0.5, 0.6) is 0 Å². The van der Waals surface area contributed by atoms with Crippen LogP contribution in [0.3, 0.4) is 0 Å². The predicted molar refractivity (Wildman–Crippen MR) is 123 cm³/mol. The van der Waals surface area contributed by atoms with Crippen molar-refractivity contribution in [2.45, 2.75) is 23.9 Å². The number of carbonyl (C=O) groups is 1. The molecule has 160 valence electrons. The minimum Gasteiger partial charge on any atom is -0.325 e. The Morgan fingerprint density at radius 3 is 2.74 bits per heavy atom. The van der Waals surface area contributed by atoms with Crippen LogP contribution < -0.4 is 9.62 Å². The summed E-state index contributed by atoms with van der Waals surface area (Å²) in [5.74, 6) is -0.168. The molecule has 3 aromatic rings. The summed E-state index contributed by atoms with van der Waals surface area (Å²) in [7, 11) is -2.23. The zero-order chi connectivity index (χ0) is 22.3. The Bertz CT molecular complexity index is 1310. The van der Waals surface area contributed by atoms with Gasteiger partial charge in [0.2, 0.25) is 5.91 Å². The fraction of sp³-hybridized carbons (Fsp3) is 0.190. The van der Waals surface area contributed by atoms with E-state index < -0.39 is 10.0 Å². The molecule has 1 aliphatic rings. The zero-order valence-corrected chi connectivity index (χ0v) is 19.4. The SMILES string of the molecule is Cc1ccc2c(c1)-c1nc(SCC(=O)Nc3cc(Cl)ccc3C)ncc1S(=O)(=O)N2C. The van der Waals surface area contributed by atoms with Gasteiger partial charge in [0.05, 0.1) is 23.3 Å². The number of benzene rings is 2. The maximum Gasteiger partial charge on any atom is 0.267 e. The highest BCUT2D eigenvalue weighted by Crippen LogP contribution is 2.41. The van der Waals surface area contributed by atoms with Crippen molar-refractivity contribution in [2.24, 2.45) is 0 Å². The highest BCUT2D eigenvalue weighted by molar-refractivity contribution is 7.99. The van der Waals surface area contributed by atoms with E-state index in [1.807, 2.05) is 32.0 Å². The smallest absolute Gasteiger partial charge is 0.267 e. The standard InChI is InChI=1S/C21H19ClN4O3S2/c1-12-4-7-17-15(8-12)20-18(31(28,29)26(17)3)10-23-21(25-20)30-11-19(27)24-16-9-14(22)6-5-13(16)2/h4-10H,11H2,1-3H3,(H,24,27). The second kappa shape index (κ2) is 8.14. The van der Waals surface area contributed by atoms with Gasteiger partial charge in [-0.05, 0) is 43.7 Å². The Morgan fingerprint density at radius 2 is 1.97 bits per heavy atom. The normalized spacial score (nSPS) is 14.0. The van der Waals surface area contributed by atoms with E-state index in [9.17, 15) is 13.2 Å². The van der Waals surface area contributed by atoms with Gasteiger partial charge >= 0.3 is 0 Å². The number of anilines is 2. The first kappa shape index (κ1) is 21.6. The number of aryl methyl sites for hydroxylation is 2. The molecule has 1 N–H and O–H groups in total. The highest BCUT2D eigenvalue weighted by atomic mass is 35.5. The number of rotatable bonds is 4. The van der Waals surface area contributed by atoms with E-state index >= 15 is 0 Å². The molecule has 0 saturated heterocycles. The average molecular weight is 475 g/mol. The number of carbonyl (C=O) groups excluding carboxylic acids is 1. The average Bonchev–Trinajstić information content (AvgIpc) is 2.73. The maximum absolute atomic E-state index is 12.9. The van der Waals surface area contributed by atoms with Gasteiger partial charge in [0, 0.05) is 23.3 Å². The fourth-order valence-corrected chi connectivity index (χ4v) is 5.33. The van der Waals surface area contributed by atoms with Crippen LogP contribution in [-0.2, 0) is 14.8 Å². The van der Waals surface area contributed by atoms with Gasteiger partial charge in [-0.2, -0.15) is 0 Å². The summed E-state index contributed by atoms with van der Waals surface area (Å²) in [6.45, 7) is 3.81. The molecule has 0 aliphatic carbocycles. The lowest BCUT2D eigenvalue weighted by Crippen LogP contribution is -2.31. The molecule has 2 aromatic carbocycles. The minimum atomic E-state index is -3.74. The van der Waals surface area contributed by atoms with E-state index in [4.69, 9.17) is 11.6 Å². The van der Waals surface area contributed by atoms with Gasteiger partial charge in [-0.3, -0.25) is 9.10 Å². The summed E-state index contributed by atoms with van der Waals surface area (Å²) in [5, 5.41) is 3.68. The van der Waals surface area contributed by atoms with Crippen molar-refractivity contribution < 1.29 is 13.2 Å². The van der Waals surface area contributed by atoms with Crippen molar-refractivity contribution >= 4 is 50.7 Å². The lowest BCUT2D eigenvalue weighted by Gasteiger charge is -2.28. The van der Waals surface area contributed by atoms with Gasteiger partial charge < -0.3 is 5.32 Å². The third-order valence-corrected chi connectivity index (χ3v) is 7.79. The van der Waals surface area contributed by atoms with Crippen molar-refractivity contribution in [1.29, 1.82) is 0 Å². The Kier molecular flexibility index (Phi) is 5.67. The van der Waals surface area contributed by atoms with Crippen LogP contribution in [0.25, 0.3) is 11.3 Å². The van der Waals surface area contributed by atoms with E-state index in [0.29, 0.717) is 27.2 Å². The van der Waals surface area contributed by atoms with E-state index in [-0.39, 0.29) is 16.6 Å². The van der Waals surface area contributed by atoms with Crippen molar-refractivity contribution in [3.63, 3.8) is 0 Å². The molecule has 31 heavy (non-hydrogen) atoms. The molecule has 7 nitrogen and oxygen atoms in total. The molecule has 1 aromatic heterocycles. The van der Waals surface area contributed by atoms with Crippen LogP contribution in [-0.4, -0.2) is 37.1 Å². The molecular formula is C21H19ClN4O3S2. The topological polar surface area (TPSA) is 92.3 Å². The summed E-state index contributed by atoms with van der Waals surface area (Å²) >= 11 is 7.13. The molecule has 0 atom stereocenters. The Morgan fingerprint density at radius 1 is 1.19 bits per heavy atom. The van der Waals surface area contributed by atoms with Crippen molar-refractivity contribution in [3.8, 4) is 11.3 Å². The molecule has 0 saturated carbocycles. The van der Waals surface area contributed by atoms with Crippen LogP contribution in [0.4, 0.5) is 11.4 Å². The number of nitrogens with one attached hydrogen (secondary N) is 1. The maximum atomic E-state index is 12.9. The third-order valence-electron chi connectivity index (χ3n) is 4.92. The third kappa shape index (κ3) is 4.13. The van der Waals surface area contributed by atoms with E-state index in [1.165, 1.54) is 17.5 Å². The largest absolute Gasteiger partial charge is 0.325 e. The summed E-state index contributed by atoms with van der Waals surface area (Å²) < 4.78 is 26.9. The van der Waals surface area contributed by atoms with E-state index in [2.05, 4.69) is 15.3 Å². The van der Waals surface area contributed by atoms with Crippen molar-refractivity contribution in [1.82, 2.24) is 9.97 Å². The quantitative estimate of drug-likeness (QED) is 0.448. The number of sulfonamides is 1. The first-order valence-electron chi connectivity index (χ1n) is 9.32. The number of nitrogens with zero attached hydrogens (tertiary/aromatic N) is 3. The van der Waals surface area contributed by atoms with Crippen LogP contribution in [0, 0.1) is 13.8 Å². The Labute approximate surface area is 189 Å². The van der Waals surface area contributed by atoms with Crippen LogP contribution >= 0.6 is 23.4 Å². The van der Waals surface area contributed by atoms with Crippen molar-refractivity contribution in [3.05, 3.63) is 58.7 Å². The van der Waals surface area contributed by atoms with Gasteiger partial charge in [0.25, 0.3) is 10.0 Å². The minimum absolute atomic E-state index is 0.0523. The molecule has 10 heteroatoms. The molecule has 4 rings (SSSR count). The molecule has 1 amide bonds. The zero-order valence-electron chi connectivity index (χ0n) is 17.0. The Hall–Kier alpha value is -2.62. The predicted octanol–water partition coefficient (Wildman–Crippen LogP) is 4.28. The summed E-state index contributed by atoms with van der Waals surface area (Å²) in [6.07, 6.45) is 1.31. The fourth-order valence-electron chi connectivity index (χ4n) is 3.24. The first-order chi connectivity index (χ1) is 14.7. The molecule has 0 unspecified atom stereocenters. The molecule has 0 spiro atoms. The first-order valence-corrected chi connectivity index (χ1v) is 12.1. The van der Waals surface area contributed by atoms with Gasteiger partial charge in [-0.1, -0.05) is 41.1 Å². The van der Waals surface area contributed by atoms with E-state index in [0.717, 1.165) is 28.5 Å². The number of halogens is 1. The molecule has 0 fully saturated rings. The Balaban J connectivity index is 1.59. The number of aromatic nitrogens is 2. The second-order valence-electron chi connectivity index (χ2n) is 7.15. The second-order valence-corrected chi connectivity index (χ2v) is 10.5. The van der Waals surface area contributed by atoms with Crippen LogP contribution in [0.1, 0.15) is 11.1 Å². The molecule has 1 aliphatic heterocycles. The van der Waals surface area contributed by atoms with Gasteiger partial charge in [-0.15, -0.1) is 0 Å². The summed E-state index contributed by atoms with van der Waals surface area (Å²) in [4.78, 5) is 21.1. The lowest BCUT2D eigenvalue weighted by molar-refractivity contribution is -0.113. The number of hydrogen-bond donors (Lipinski definition) is 1. The summed E-state index contributed by atoms with van der Waals surface area (Å²) in [5.41, 5.74) is 4.15. The highest BCUT2D eigenvalue weighted by Gasteiger charge is 2.34. The number of thioether (sulfide) groups is 1. The van der Waals surface area contributed by atoms with Gasteiger partial charge in [-0.25, -0.2) is 18.4 Å². The molecule has 0 bridgehead atoms. The molecular weight excluding hydrogens is 456 g/mol.